The highest BCUT2D eigenvalue weighted by atomic mass is 32.2. The Bertz CT molecular complexity index is 897. The second-order valence-corrected chi connectivity index (χ2v) is 7.94. The number of rotatable bonds is 5. The lowest BCUT2D eigenvalue weighted by molar-refractivity contribution is 0.0600. The maximum absolute atomic E-state index is 11.6. The van der Waals surface area contributed by atoms with Crippen LogP contribution in [0.5, 0.6) is 0 Å². The molecule has 0 heterocycles. The van der Waals surface area contributed by atoms with Crippen molar-refractivity contribution in [3.05, 3.63) is 81.8 Å². The molecule has 3 rings (SSSR count). The normalized spacial score (nSPS) is 15.3. The number of allylic oxidation sites excluding steroid dienone is 4. The predicted molar refractivity (Wildman–Crippen MR) is 113 cm³/mol. The largest absolute Gasteiger partial charge is 0.465 e. The first-order valence-corrected chi connectivity index (χ1v) is 9.92. The van der Waals surface area contributed by atoms with Crippen LogP contribution in [0.1, 0.15) is 48.5 Å². The van der Waals surface area contributed by atoms with E-state index in [1.807, 2.05) is 42.5 Å². The number of hydrogen-bond donors (Lipinski definition) is 1. The van der Waals surface area contributed by atoms with Crippen molar-refractivity contribution in [1.29, 1.82) is 0 Å². The number of ether oxygens (including phenoxy) is 1. The van der Waals surface area contributed by atoms with Gasteiger partial charge in [-0.3, -0.25) is 0 Å². The van der Waals surface area contributed by atoms with Gasteiger partial charge in [0.25, 0.3) is 0 Å². The van der Waals surface area contributed by atoms with E-state index >= 15 is 0 Å². The Balaban J connectivity index is 1.77. The van der Waals surface area contributed by atoms with Gasteiger partial charge in [-0.2, -0.15) is 0 Å². The summed E-state index contributed by atoms with van der Waals surface area (Å²) < 4.78 is 4.77. The van der Waals surface area contributed by atoms with Crippen molar-refractivity contribution in [1.82, 2.24) is 0 Å². The molecule has 2 aromatic rings. The summed E-state index contributed by atoms with van der Waals surface area (Å²) >= 11 is 1.78. The number of methoxy groups -OCH3 is 1. The molecule has 0 fully saturated rings. The van der Waals surface area contributed by atoms with Crippen LogP contribution in [0.3, 0.4) is 0 Å². The molecule has 0 saturated carbocycles. The van der Waals surface area contributed by atoms with Gasteiger partial charge >= 0.3 is 5.97 Å². The molecule has 0 bridgehead atoms. The Morgan fingerprint density at radius 1 is 1.11 bits per heavy atom. The van der Waals surface area contributed by atoms with Crippen molar-refractivity contribution in [3.63, 3.8) is 0 Å². The first kappa shape index (κ1) is 19.3. The quantitative estimate of drug-likeness (QED) is 0.515. The summed E-state index contributed by atoms with van der Waals surface area (Å²) in [4.78, 5) is 14.1. The summed E-state index contributed by atoms with van der Waals surface area (Å²) in [5.74, 6) is 0.0201. The summed E-state index contributed by atoms with van der Waals surface area (Å²) in [5.41, 5.74) is 11.4. The Hall–Kier alpha value is -2.46. The number of carbonyl (C=O) groups excluding carboxylic acids is 1. The monoisotopic (exact) mass is 379 g/mol. The number of carbonyl (C=O) groups is 1. The molecule has 1 aliphatic rings. The Morgan fingerprint density at radius 3 is 2.44 bits per heavy atom. The minimum Gasteiger partial charge on any atom is -0.465 e. The maximum atomic E-state index is 11.6. The van der Waals surface area contributed by atoms with Crippen LogP contribution in [-0.2, 0) is 4.74 Å². The standard InChI is InChI=1S/C23H25NO2S/c1-15-14-19(12-13-21(15)27-22-7-5-4-6-20(22)24)16(2)17-8-10-18(11-9-17)23(25)26-3/h4-11,14,16H,12-13,24H2,1-3H3. The Morgan fingerprint density at radius 2 is 1.81 bits per heavy atom. The van der Waals surface area contributed by atoms with Gasteiger partial charge in [-0.1, -0.05) is 54.6 Å². The number of nitrogens with two attached hydrogens (primary N) is 1. The SMILES string of the molecule is COC(=O)c1ccc(C(C)C2=CC(C)=C(Sc3ccccc3N)CC2)cc1. The van der Waals surface area contributed by atoms with E-state index in [2.05, 4.69) is 26.0 Å². The highest BCUT2D eigenvalue weighted by molar-refractivity contribution is 8.03. The van der Waals surface area contributed by atoms with Gasteiger partial charge in [0.2, 0.25) is 0 Å². The highest BCUT2D eigenvalue weighted by Crippen LogP contribution is 2.41. The zero-order chi connectivity index (χ0) is 19.4. The van der Waals surface area contributed by atoms with Crippen molar-refractivity contribution in [2.75, 3.05) is 12.8 Å². The lowest BCUT2D eigenvalue weighted by Crippen LogP contribution is -2.05. The van der Waals surface area contributed by atoms with E-state index in [1.165, 1.54) is 28.7 Å². The van der Waals surface area contributed by atoms with E-state index in [9.17, 15) is 4.79 Å². The Labute approximate surface area is 165 Å². The van der Waals surface area contributed by atoms with Crippen molar-refractivity contribution >= 4 is 23.4 Å². The van der Waals surface area contributed by atoms with Gasteiger partial charge in [0.15, 0.2) is 0 Å². The van der Waals surface area contributed by atoms with Gasteiger partial charge in [-0.15, -0.1) is 0 Å². The third-order valence-electron chi connectivity index (χ3n) is 5.02. The fraction of sp³-hybridized carbons (Fsp3) is 0.261. The smallest absolute Gasteiger partial charge is 0.337 e. The van der Waals surface area contributed by atoms with E-state index < -0.39 is 0 Å². The van der Waals surface area contributed by atoms with Gasteiger partial charge in [0.1, 0.15) is 0 Å². The summed E-state index contributed by atoms with van der Waals surface area (Å²) in [5, 5.41) is 0. The highest BCUT2D eigenvalue weighted by Gasteiger charge is 2.18. The number of anilines is 1. The van der Waals surface area contributed by atoms with Crippen molar-refractivity contribution < 1.29 is 9.53 Å². The van der Waals surface area contributed by atoms with Gasteiger partial charge in [0, 0.05) is 16.5 Å². The average molecular weight is 380 g/mol. The molecule has 0 spiro atoms. The summed E-state index contributed by atoms with van der Waals surface area (Å²) in [7, 11) is 1.40. The van der Waals surface area contributed by atoms with E-state index in [4.69, 9.17) is 10.5 Å². The van der Waals surface area contributed by atoms with Crippen molar-refractivity contribution in [2.24, 2.45) is 0 Å². The third-order valence-corrected chi connectivity index (χ3v) is 6.39. The van der Waals surface area contributed by atoms with E-state index in [0.29, 0.717) is 11.5 Å². The van der Waals surface area contributed by atoms with Gasteiger partial charge in [0.05, 0.1) is 12.7 Å². The zero-order valence-electron chi connectivity index (χ0n) is 16.0. The van der Waals surface area contributed by atoms with Crippen LogP contribution in [0, 0.1) is 0 Å². The summed E-state index contributed by atoms with van der Waals surface area (Å²) in [6, 6.07) is 15.7. The first-order valence-electron chi connectivity index (χ1n) is 9.10. The molecule has 2 aromatic carbocycles. The molecule has 0 saturated heterocycles. The molecule has 27 heavy (non-hydrogen) atoms. The van der Waals surface area contributed by atoms with Gasteiger partial charge in [-0.05, 0) is 60.1 Å². The predicted octanol–water partition coefficient (Wildman–Crippen LogP) is 5.95. The van der Waals surface area contributed by atoms with E-state index in [1.54, 1.807) is 11.8 Å². The topological polar surface area (TPSA) is 52.3 Å². The first-order chi connectivity index (χ1) is 13.0. The minimum atomic E-state index is -0.299. The molecule has 1 unspecified atom stereocenters. The van der Waals surface area contributed by atoms with Crippen LogP contribution < -0.4 is 5.73 Å². The second-order valence-electron chi connectivity index (χ2n) is 6.80. The van der Waals surface area contributed by atoms with Crippen molar-refractivity contribution in [2.45, 2.75) is 37.5 Å². The van der Waals surface area contributed by atoms with Crippen LogP contribution in [-0.4, -0.2) is 13.1 Å². The van der Waals surface area contributed by atoms with Crippen LogP contribution in [0.2, 0.25) is 0 Å². The fourth-order valence-electron chi connectivity index (χ4n) is 3.30. The molecule has 1 atom stereocenters. The average Bonchev–Trinajstić information content (AvgIpc) is 2.70. The summed E-state index contributed by atoms with van der Waals surface area (Å²) in [6.45, 7) is 4.40. The van der Waals surface area contributed by atoms with E-state index in [0.717, 1.165) is 23.4 Å². The molecule has 0 aliphatic heterocycles. The van der Waals surface area contributed by atoms with Gasteiger partial charge in [-0.25, -0.2) is 4.79 Å². The number of esters is 1. The lowest BCUT2D eigenvalue weighted by Gasteiger charge is -2.23. The van der Waals surface area contributed by atoms with Crippen molar-refractivity contribution in [3.8, 4) is 0 Å². The molecule has 140 valence electrons. The molecule has 2 N–H and O–H groups in total. The number of thioether (sulfide) groups is 1. The van der Waals surface area contributed by atoms with Gasteiger partial charge < -0.3 is 10.5 Å². The number of benzene rings is 2. The number of hydrogen-bond acceptors (Lipinski definition) is 4. The van der Waals surface area contributed by atoms with E-state index in [-0.39, 0.29) is 5.97 Å². The molecule has 4 heteroatoms. The zero-order valence-corrected chi connectivity index (χ0v) is 16.8. The fourth-order valence-corrected chi connectivity index (χ4v) is 4.33. The van der Waals surface area contributed by atoms with Crippen LogP contribution in [0.25, 0.3) is 0 Å². The third kappa shape index (κ3) is 4.45. The number of para-hydroxylation sites is 1. The second kappa shape index (κ2) is 8.49. The molecule has 1 aliphatic carbocycles. The molecular formula is C23H25NO2S. The van der Waals surface area contributed by atoms with Crippen LogP contribution in [0.4, 0.5) is 5.69 Å². The maximum Gasteiger partial charge on any atom is 0.337 e. The molecular weight excluding hydrogens is 354 g/mol. The van der Waals surface area contributed by atoms with Crippen LogP contribution >= 0.6 is 11.8 Å². The van der Waals surface area contributed by atoms with Crippen LogP contribution in [0.15, 0.2) is 75.6 Å². The minimum absolute atomic E-state index is 0.299. The Kier molecular flexibility index (Phi) is 6.07. The lowest BCUT2D eigenvalue weighted by atomic mass is 9.86. The molecule has 0 amide bonds. The molecule has 0 aromatic heterocycles. The molecule has 3 nitrogen and oxygen atoms in total. The summed E-state index contributed by atoms with van der Waals surface area (Å²) in [6.07, 6.45) is 4.37. The number of nitrogen functional groups attached to an aromatic ring is 1. The molecule has 0 radical (unpaired) electrons.